The van der Waals surface area contributed by atoms with Gasteiger partial charge in [-0.05, 0) is 44.0 Å². The average molecular weight is 423 g/mol. The molecular weight excluding hydrogens is 392 g/mol. The highest BCUT2D eigenvalue weighted by Gasteiger charge is 2.25. The molecule has 0 radical (unpaired) electrons. The van der Waals surface area contributed by atoms with Gasteiger partial charge in [-0.3, -0.25) is 14.4 Å². The topological polar surface area (TPSA) is 63.7 Å². The van der Waals surface area contributed by atoms with E-state index in [0.29, 0.717) is 31.2 Å². The molecule has 0 N–H and O–H groups in total. The Morgan fingerprint density at radius 2 is 1.77 bits per heavy atom. The van der Waals surface area contributed by atoms with E-state index in [2.05, 4.69) is 16.2 Å². The van der Waals surface area contributed by atoms with Crippen molar-refractivity contribution in [3.63, 3.8) is 0 Å². The lowest BCUT2D eigenvalue weighted by Gasteiger charge is -2.34. The number of piperazine rings is 1. The number of furan rings is 1. The minimum atomic E-state index is -0.0597. The molecule has 3 heterocycles. The molecule has 7 nitrogen and oxygen atoms in total. The van der Waals surface area contributed by atoms with Crippen LogP contribution in [0.5, 0.6) is 5.75 Å². The van der Waals surface area contributed by atoms with Gasteiger partial charge in [-0.15, -0.1) is 0 Å². The maximum atomic E-state index is 12.9. The van der Waals surface area contributed by atoms with Gasteiger partial charge in [0.2, 0.25) is 0 Å². The Morgan fingerprint density at radius 3 is 2.42 bits per heavy atom. The molecule has 0 atom stereocenters. The van der Waals surface area contributed by atoms with Crippen LogP contribution in [0, 0.1) is 20.8 Å². The van der Waals surface area contributed by atoms with Crippen LogP contribution in [0.1, 0.15) is 38.7 Å². The standard InChI is InChI=1S/C24H30N4O3/c1-17-6-5-7-18(2)23(17)30-16-21-8-9-22(31-21)24(29)28-12-10-27(11-13-28)15-20-14-26(4)25-19(20)3/h5-9,14H,10-13,15-16H2,1-4H3. The fraction of sp³-hybridized carbons (Fsp3) is 0.417. The molecule has 3 aromatic rings. The number of carbonyl (C=O) groups is 1. The smallest absolute Gasteiger partial charge is 0.289 e. The summed E-state index contributed by atoms with van der Waals surface area (Å²) in [6, 6.07) is 9.63. The van der Waals surface area contributed by atoms with Crippen molar-refractivity contribution >= 4 is 5.91 Å². The Balaban J connectivity index is 1.30. The molecule has 1 aliphatic heterocycles. The molecule has 1 aliphatic rings. The van der Waals surface area contributed by atoms with Gasteiger partial charge in [0.25, 0.3) is 5.91 Å². The van der Waals surface area contributed by atoms with E-state index in [4.69, 9.17) is 9.15 Å². The second-order valence-corrected chi connectivity index (χ2v) is 8.26. The number of aromatic nitrogens is 2. The van der Waals surface area contributed by atoms with Crippen LogP contribution in [0.15, 0.2) is 40.9 Å². The van der Waals surface area contributed by atoms with E-state index in [-0.39, 0.29) is 5.91 Å². The van der Waals surface area contributed by atoms with E-state index in [1.807, 2.05) is 61.7 Å². The lowest BCUT2D eigenvalue weighted by Crippen LogP contribution is -2.48. The molecule has 1 amide bonds. The highest BCUT2D eigenvalue weighted by Crippen LogP contribution is 2.24. The maximum Gasteiger partial charge on any atom is 0.289 e. The van der Waals surface area contributed by atoms with E-state index >= 15 is 0 Å². The van der Waals surface area contributed by atoms with Crippen molar-refractivity contribution < 1.29 is 13.9 Å². The summed E-state index contributed by atoms with van der Waals surface area (Å²) in [7, 11) is 1.94. The largest absolute Gasteiger partial charge is 0.485 e. The predicted octanol–water partition coefficient (Wildman–Crippen LogP) is 3.48. The number of benzene rings is 1. The van der Waals surface area contributed by atoms with Crippen LogP contribution in [0.4, 0.5) is 0 Å². The molecule has 1 fully saturated rings. The zero-order valence-electron chi connectivity index (χ0n) is 18.7. The van der Waals surface area contributed by atoms with E-state index in [1.54, 1.807) is 6.07 Å². The highest BCUT2D eigenvalue weighted by atomic mass is 16.5. The molecule has 164 valence electrons. The summed E-state index contributed by atoms with van der Waals surface area (Å²) in [5, 5.41) is 4.41. The van der Waals surface area contributed by atoms with Crippen LogP contribution in [0.25, 0.3) is 0 Å². The normalized spacial score (nSPS) is 14.8. The zero-order chi connectivity index (χ0) is 22.0. The lowest BCUT2D eigenvalue weighted by atomic mass is 10.1. The number of hydrogen-bond acceptors (Lipinski definition) is 5. The van der Waals surface area contributed by atoms with Gasteiger partial charge in [0.05, 0.1) is 5.69 Å². The SMILES string of the molecule is Cc1cccc(C)c1OCc1ccc(C(=O)N2CCN(Cc3cn(C)nc3C)CC2)o1. The van der Waals surface area contributed by atoms with E-state index in [1.165, 1.54) is 5.56 Å². The number of ether oxygens (including phenoxy) is 1. The van der Waals surface area contributed by atoms with Crippen LogP contribution in [0.3, 0.4) is 0 Å². The minimum absolute atomic E-state index is 0.0597. The first-order valence-corrected chi connectivity index (χ1v) is 10.7. The van der Waals surface area contributed by atoms with Gasteiger partial charge >= 0.3 is 0 Å². The Hall–Kier alpha value is -3.06. The van der Waals surface area contributed by atoms with Crippen LogP contribution in [0.2, 0.25) is 0 Å². The number of nitrogens with zero attached hydrogens (tertiary/aromatic N) is 4. The van der Waals surface area contributed by atoms with Gasteiger partial charge < -0.3 is 14.1 Å². The van der Waals surface area contributed by atoms with Crippen molar-refractivity contribution in [1.82, 2.24) is 19.6 Å². The second-order valence-electron chi connectivity index (χ2n) is 8.26. The fourth-order valence-electron chi connectivity index (χ4n) is 4.05. The number of aryl methyl sites for hydroxylation is 4. The predicted molar refractivity (Wildman–Crippen MR) is 118 cm³/mol. The monoisotopic (exact) mass is 422 g/mol. The molecule has 0 aliphatic carbocycles. The summed E-state index contributed by atoms with van der Waals surface area (Å²) >= 11 is 0. The Morgan fingerprint density at radius 1 is 1.06 bits per heavy atom. The van der Waals surface area contributed by atoms with Crippen LogP contribution >= 0.6 is 0 Å². The first kappa shape index (κ1) is 21.2. The molecule has 1 saturated heterocycles. The highest BCUT2D eigenvalue weighted by molar-refractivity contribution is 5.91. The molecule has 31 heavy (non-hydrogen) atoms. The number of hydrogen-bond donors (Lipinski definition) is 0. The van der Waals surface area contributed by atoms with Gasteiger partial charge in [-0.1, -0.05) is 18.2 Å². The number of amides is 1. The first-order valence-electron chi connectivity index (χ1n) is 10.7. The van der Waals surface area contributed by atoms with Crippen LogP contribution < -0.4 is 4.74 Å². The lowest BCUT2D eigenvalue weighted by molar-refractivity contribution is 0.0594. The number of carbonyl (C=O) groups excluding carboxylic acids is 1. The Bertz CT molecular complexity index is 1040. The molecule has 0 unspecified atom stereocenters. The molecule has 7 heteroatoms. The van der Waals surface area contributed by atoms with Crippen molar-refractivity contribution in [2.75, 3.05) is 26.2 Å². The maximum absolute atomic E-state index is 12.9. The molecular formula is C24H30N4O3. The summed E-state index contributed by atoms with van der Waals surface area (Å²) in [6.07, 6.45) is 2.07. The number of rotatable bonds is 6. The van der Waals surface area contributed by atoms with Gasteiger partial charge in [-0.25, -0.2) is 0 Å². The van der Waals surface area contributed by atoms with Gasteiger partial charge in [0, 0.05) is 51.5 Å². The zero-order valence-corrected chi connectivity index (χ0v) is 18.7. The first-order chi connectivity index (χ1) is 14.9. The molecule has 0 saturated carbocycles. The van der Waals surface area contributed by atoms with Crippen molar-refractivity contribution in [1.29, 1.82) is 0 Å². The van der Waals surface area contributed by atoms with Gasteiger partial charge in [0.1, 0.15) is 18.1 Å². The van der Waals surface area contributed by atoms with E-state index < -0.39 is 0 Å². The third-order valence-electron chi connectivity index (χ3n) is 5.81. The van der Waals surface area contributed by atoms with Gasteiger partial charge in [-0.2, -0.15) is 5.10 Å². The molecule has 0 spiro atoms. The van der Waals surface area contributed by atoms with Crippen LogP contribution in [-0.2, 0) is 20.2 Å². The molecule has 1 aromatic carbocycles. The fourth-order valence-corrected chi connectivity index (χ4v) is 4.05. The van der Waals surface area contributed by atoms with Crippen molar-refractivity contribution in [3.8, 4) is 5.75 Å². The van der Waals surface area contributed by atoms with Crippen molar-refractivity contribution in [2.24, 2.45) is 7.05 Å². The Kier molecular flexibility index (Phi) is 6.13. The summed E-state index contributed by atoms with van der Waals surface area (Å²) in [4.78, 5) is 17.1. The van der Waals surface area contributed by atoms with Crippen LogP contribution in [-0.4, -0.2) is 51.7 Å². The second kappa shape index (κ2) is 8.98. The molecule has 0 bridgehead atoms. The minimum Gasteiger partial charge on any atom is -0.485 e. The summed E-state index contributed by atoms with van der Waals surface area (Å²) in [5.41, 5.74) is 4.47. The van der Waals surface area contributed by atoms with Crippen molar-refractivity contribution in [3.05, 3.63) is 70.4 Å². The molecule has 2 aromatic heterocycles. The third kappa shape index (κ3) is 4.82. The summed E-state index contributed by atoms with van der Waals surface area (Å²) in [5.74, 6) is 1.83. The summed E-state index contributed by atoms with van der Waals surface area (Å²) in [6.45, 7) is 10.3. The number of para-hydroxylation sites is 1. The van der Waals surface area contributed by atoms with E-state index in [9.17, 15) is 4.79 Å². The average Bonchev–Trinajstić information content (AvgIpc) is 3.34. The summed E-state index contributed by atoms with van der Waals surface area (Å²) < 4.78 is 13.6. The quantitative estimate of drug-likeness (QED) is 0.609. The third-order valence-corrected chi connectivity index (χ3v) is 5.81. The Labute approximate surface area is 183 Å². The van der Waals surface area contributed by atoms with Gasteiger partial charge in [0.15, 0.2) is 5.76 Å². The van der Waals surface area contributed by atoms with E-state index in [0.717, 1.165) is 42.2 Å². The van der Waals surface area contributed by atoms with Crippen molar-refractivity contribution in [2.45, 2.75) is 33.9 Å². The molecule has 4 rings (SSSR count).